The molecule has 0 amide bonds. The number of anilines is 1. The standard InChI is InChI=1S/C19H32N2/c1-14(2)11-20-12-17-6-9-19(16(5)10-17)21(13-15(3)4)18-7-8-18/h6,9-10,14-15,18,20H,7-8,11-13H2,1-5H3. The molecule has 1 aromatic carbocycles. The number of aryl methyl sites for hydroxylation is 1. The van der Waals surface area contributed by atoms with Gasteiger partial charge in [0.05, 0.1) is 0 Å². The lowest BCUT2D eigenvalue weighted by Gasteiger charge is -2.28. The molecule has 0 bridgehead atoms. The number of rotatable bonds is 8. The molecule has 0 atom stereocenters. The van der Waals surface area contributed by atoms with Crippen LogP contribution in [0.25, 0.3) is 0 Å². The average molecular weight is 288 g/mol. The molecule has 0 aromatic heterocycles. The molecule has 21 heavy (non-hydrogen) atoms. The van der Waals surface area contributed by atoms with Crippen molar-refractivity contribution in [2.24, 2.45) is 11.8 Å². The quantitative estimate of drug-likeness (QED) is 0.764. The molecular weight excluding hydrogens is 256 g/mol. The average Bonchev–Trinajstić information content (AvgIpc) is 3.20. The zero-order valence-electron chi connectivity index (χ0n) is 14.4. The van der Waals surface area contributed by atoms with Crippen molar-refractivity contribution in [3.63, 3.8) is 0 Å². The first-order valence-electron chi connectivity index (χ1n) is 8.54. The van der Waals surface area contributed by atoms with Crippen LogP contribution in [0.3, 0.4) is 0 Å². The fourth-order valence-corrected chi connectivity index (χ4v) is 2.88. The van der Waals surface area contributed by atoms with Crippen LogP contribution in [0.1, 0.15) is 51.7 Å². The lowest BCUT2D eigenvalue weighted by atomic mass is 10.1. The molecule has 0 saturated heterocycles. The summed E-state index contributed by atoms with van der Waals surface area (Å²) in [6.45, 7) is 14.6. The van der Waals surface area contributed by atoms with E-state index in [4.69, 9.17) is 0 Å². The molecule has 1 fully saturated rings. The van der Waals surface area contributed by atoms with Gasteiger partial charge in [0.1, 0.15) is 0 Å². The van der Waals surface area contributed by atoms with Gasteiger partial charge >= 0.3 is 0 Å². The van der Waals surface area contributed by atoms with Gasteiger partial charge in [-0.2, -0.15) is 0 Å². The van der Waals surface area contributed by atoms with Crippen LogP contribution >= 0.6 is 0 Å². The molecule has 0 aliphatic heterocycles. The first-order valence-corrected chi connectivity index (χ1v) is 8.54. The Bertz CT molecular complexity index is 447. The molecule has 118 valence electrons. The van der Waals surface area contributed by atoms with E-state index in [1.807, 2.05) is 0 Å². The molecule has 0 radical (unpaired) electrons. The van der Waals surface area contributed by atoms with Crippen LogP contribution in [0.15, 0.2) is 18.2 Å². The van der Waals surface area contributed by atoms with E-state index in [1.165, 1.54) is 36.2 Å². The third kappa shape index (κ3) is 5.03. The van der Waals surface area contributed by atoms with E-state index in [1.54, 1.807) is 0 Å². The molecule has 2 rings (SSSR count). The molecule has 1 aromatic rings. The van der Waals surface area contributed by atoms with Crippen molar-refractivity contribution < 1.29 is 0 Å². The maximum Gasteiger partial charge on any atom is 0.0398 e. The van der Waals surface area contributed by atoms with Crippen LogP contribution in [0.5, 0.6) is 0 Å². The zero-order valence-corrected chi connectivity index (χ0v) is 14.4. The second-order valence-electron chi connectivity index (χ2n) is 7.42. The summed E-state index contributed by atoms with van der Waals surface area (Å²) < 4.78 is 0. The highest BCUT2D eigenvalue weighted by Gasteiger charge is 2.30. The van der Waals surface area contributed by atoms with Gasteiger partial charge in [-0.3, -0.25) is 0 Å². The minimum absolute atomic E-state index is 0.710. The van der Waals surface area contributed by atoms with E-state index in [9.17, 15) is 0 Å². The van der Waals surface area contributed by atoms with Crippen molar-refractivity contribution in [1.29, 1.82) is 0 Å². The van der Waals surface area contributed by atoms with E-state index in [-0.39, 0.29) is 0 Å². The second-order valence-corrected chi connectivity index (χ2v) is 7.42. The van der Waals surface area contributed by atoms with Gasteiger partial charge in [0.25, 0.3) is 0 Å². The Morgan fingerprint density at radius 3 is 2.38 bits per heavy atom. The van der Waals surface area contributed by atoms with Crippen LogP contribution in [0, 0.1) is 18.8 Å². The van der Waals surface area contributed by atoms with Crippen molar-refractivity contribution >= 4 is 5.69 Å². The van der Waals surface area contributed by atoms with E-state index in [0.29, 0.717) is 5.92 Å². The highest BCUT2D eigenvalue weighted by Crippen LogP contribution is 2.34. The largest absolute Gasteiger partial charge is 0.368 e. The van der Waals surface area contributed by atoms with Crippen molar-refractivity contribution in [2.45, 2.75) is 60.0 Å². The van der Waals surface area contributed by atoms with Crippen LogP contribution in [-0.4, -0.2) is 19.1 Å². The maximum atomic E-state index is 3.53. The number of benzene rings is 1. The summed E-state index contributed by atoms with van der Waals surface area (Å²) in [7, 11) is 0. The Morgan fingerprint density at radius 2 is 1.86 bits per heavy atom. The first kappa shape index (κ1) is 16.4. The number of nitrogens with one attached hydrogen (secondary N) is 1. The topological polar surface area (TPSA) is 15.3 Å². The van der Waals surface area contributed by atoms with Gasteiger partial charge in [-0.05, 0) is 55.3 Å². The Labute approximate surface area is 130 Å². The molecule has 1 saturated carbocycles. The first-order chi connectivity index (χ1) is 9.97. The minimum Gasteiger partial charge on any atom is -0.368 e. The normalized spacial score (nSPS) is 15.0. The Kier molecular flexibility index (Phi) is 5.69. The summed E-state index contributed by atoms with van der Waals surface area (Å²) in [6.07, 6.45) is 2.73. The second kappa shape index (κ2) is 7.31. The van der Waals surface area contributed by atoms with Crippen molar-refractivity contribution in [2.75, 3.05) is 18.0 Å². The molecule has 2 heteroatoms. The minimum atomic E-state index is 0.710. The molecule has 1 aliphatic rings. The Morgan fingerprint density at radius 1 is 1.14 bits per heavy atom. The smallest absolute Gasteiger partial charge is 0.0398 e. The third-order valence-corrected chi connectivity index (χ3v) is 4.00. The molecule has 0 heterocycles. The predicted octanol–water partition coefficient (Wildman–Crippen LogP) is 4.37. The van der Waals surface area contributed by atoms with Crippen LogP contribution in [0.4, 0.5) is 5.69 Å². The van der Waals surface area contributed by atoms with E-state index < -0.39 is 0 Å². The molecule has 0 unspecified atom stereocenters. The summed E-state index contributed by atoms with van der Waals surface area (Å²) in [5.41, 5.74) is 4.27. The molecule has 2 nitrogen and oxygen atoms in total. The summed E-state index contributed by atoms with van der Waals surface area (Å²) in [4.78, 5) is 2.63. The van der Waals surface area contributed by atoms with E-state index >= 15 is 0 Å². The van der Waals surface area contributed by atoms with Gasteiger partial charge in [0.2, 0.25) is 0 Å². The fraction of sp³-hybridized carbons (Fsp3) is 0.684. The SMILES string of the molecule is Cc1cc(CNCC(C)C)ccc1N(CC(C)C)C1CC1. The molecular formula is C19H32N2. The Hall–Kier alpha value is -1.02. The molecule has 1 aliphatic carbocycles. The van der Waals surface area contributed by atoms with Gasteiger partial charge in [0, 0.05) is 24.8 Å². The van der Waals surface area contributed by atoms with Gasteiger partial charge in [-0.1, -0.05) is 39.8 Å². The number of hydrogen-bond donors (Lipinski definition) is 1. The highest BCUT2D eigenvalue weighted by atomic mass is 15.2. The van der Waals surface area contributed by atoms with Crippen LogP contribution < -0.4 is 10.2 Å². The fourth-order valence-electron chi connectivity index (χ4n) is 2.88. The summed E-state index contributed by atoms with van der Waals surface area (Å²) >= 11 is 0. The van der Waals surface area contributed by atoms with Crippen LogP contribution in [0.2, 0.25) is 0 Å². The molecule has 1 N–H and O–H groups in total. The van der Waals surface area contributed by atoms with E-state index in [0.717, 1.165) is 25.0 Å². The monoisotopic (exact) mass is 288 g/mol. The summed E-state index contributed by atoms with van der Waals surface area (Å²) in [5.74, 6) is 1.43. The number of nitrogens with zero attached hydrogens (tertiary/aromatic N) is 1. The van der Waals surface area contributed by atoms with Gasteiger partial charge in [-0.15, -0.1) is 0 Å². The van der Waals surface area contributed by atoms with Crippen molar-refractivity contribution in [3.05, 3.63) is 29.3 Å². The van der Waals surface area contributed by atoms with Gasteiger partial charge in [-0.25, -0.2) is 0 Å². The molecule has 0 spiro atoms. The lowest BCUT2D eigenvalue weighted by molar-refractivity contribution is 0.552. The van der Waals surface area contributed by atoms with Crippen molar-refractivity contribution in [1.82, 2.24) is 5.32 Å². The van der Waals surface area contributed by atoms with E-state index in [2.05, 4.69) is 63.0 Å². The van der Waals surface area contributed by atoms with Gasteiger partial charge < -0.3 is 10.2 Å². The summed E-state index contributed by atoms with van der Waals surface area (Å²) in [6, 6.07) is 7.78. The van der Waals surface area contributed by atoms with Crippen molar-refractivity contribution in [3.8, 4) is 0 Å². The summed E-state index contributed by atoms with van der Waals surface area (Å²) in [5, 5.41) is 3.53. The van der Waals surface area contributed by atoms with Gasteiger partial charge in [0.15, 0.2) is 0 Å². The Balaban J connectivity index is 2.03. The third-order valence-electron chi connectivity index (χ3n) is 4.00. The predicted molar refractivity (Wildman–Crippen MR) is 92.9 cm³/mol. The maximum absolute atomic E-state index is 3.53. The lowest BCUT2D eigenvalue weighted by Crippen LogP contribution is -2.30. The zero-order chi connectivity index (χ0) is 15.4. The number of hydrogen-bond acceptors (Lipinski definition) is 2. The highest BCUT2D eigenvalue weighted by molar-refractivity contribution is 5.56. The van der Waals surface area contributed by atoms with Crippen LogP contribution in [-0.2, 0) is 6.54 Å².